The standard InChI is InChI=1S/C28H38O3/c1-3-21(2)22-16-18-25(19-17-22)30-28(20-29-24-12-5-4-6-13-24)31-27-15-9-11-23-10-7-8-14-26(23)27/h4-6,12-13,16-19,21,23,26-28H,3,7-11,14-15,20H2,1-2H3. The van der Waals surface area contributed by atoms with Crippen LogP contribution in [0, 0.1) is 11.8 Å². The van der Waals surface area contributed by atoms with Gasteiger partial charge in [-0.25, -0.2) is 0 Å². The van der Waals surface area contributed by atoms with Gasteiger partial charge in [-0.05, 0) is 73.3 Å². The molecule has 2 aliphatic rings. The number of ether oxygens (including phenoxy) is 3. The molecule has 4 rings (SSSR count). The van der Waals surface area contributed by atoms with Gasteiger partial charge in [0, 0.05) is 0 Å². The van der Waals surface area contributed by atoms with Gasteiger partial charge >= 0.3 is 0 Å². The molecular formula is C28H38O3. The van der Waals surface area contributed by atoms with E-state index in [1.165, 1.54) is 44.1 Å². The van der Waals surface area contributed by atoms with Crippen LogP contribution in [0.2, 0.25) is 0 Å². The summed E-state index contributed by atoms with van der Waals surface area (Å²) < 4.78 is 19.0. The smallest absolute Gasteiger partial charge is 0.234 e. The van der Waals surface area contributed by atoms with E-state index >= 15 is 0 Å². The molecule has 2 aliphatic carbocycles. The Labute approximate surface area is 188 Å². The molecule has 3 nitrogen and oxygen atoms in total. The summed E-state index contributed by atoms with van der Waals surface area (Å²) in [5.41, 5.74) is 1.35. The SMILES string of the molecule is CCC(C)c1ccc(OC(COc2ccccc2)OC2CCCC3CCCCC32)cc1. The average Bonchev–Trinajstić information content (AvgIpc) is 2.83. The van der Waals surface area contributed by atoms with E-state index in [-0.39, 0.29) is 6.10 Å². The maximum atomic E-state index is 6.64. The van der Waals surface area contributed by atoms with Gasteiger partial charge in [-0.3, -0.25) is 0 Å². The number of hydrogen-bond donors (Lipinski definition) is 0. The van der Waals surface area contributed by atoms with Crippen molar-refractivity contribution in [3.8, 4) is 11.5 Å². The molecule has 168 valence electrons. The van der Waals surface area contributed by atoms with Crippen LogP contribution >= 0.6 is 0 Å². The highest BCUT2D eigenvalue weighted by molar-refractivity contribution is 5.29. The molecule has 0 heterocycles. The van der Waals surface area contributed by atoms with Crippen molar-refractivity contribution < 1.29 is 14.2 Å². The maximum absolute atomic E-state index is 6.64. The van der Waals surface area contributed by atoms with E-state index in [1.54, 1.807) is 0 Å². The van der Waals surface area contributed by atoms with Crippen molar-refractivity contribution in [1.82, 2.24) is 0 Å². The van der Waals surface area contributed by atoms with Crippen molar-refractivity contribution in [2.45, 2.75) is 83.5 Å². The number of rotatable bonds is 9. The van der Waals surface area contributed by atoms with Crippen molar-refractivity contribution in [3.63, 3.8) is 0 Å². The summed E-state index contributed by atoms with van der Waals surface area (Å²) in [6, 6.07) is 18.5. The number of para-hydroxylation sites is 1. The molecule has 2 saturated carbocycles. The molecule has 0 radical (unpaired) electrons. The van der Waals surface area contributed by atoms with Crippen LogP contribution in [0.5, 0.6) is 11.5 Å². The van der Waals surface area contributed by atoms with Crippen molar-refractivity contribution in [2.24, 2.45) is 11.8 Å². The largest absolute Gasteiger partial charge is 0.487 e. The van der Waals surface area contributed by atoms with Crippen LogP contribution < -0.4 is 9.47 Å². The first-order valence-electron chi connectivity index (χ1n) is 12.3. The van der Waals surface area contributed by atoms with Gasteiger partial charge < -0.3 is 14.2 Å². The minimum atomic E-state index is -0.402. The quantitative estimate of drug-likeness (QED) is 0.395. The van der Waals surface area contributed by atoms with E-state index in [2.05, 4.69) is 38.1 Å². The number of fused-ring (bicyclic) bond motifs is 1. The lowest BCUT2D eigenvalue weighted by atomic mass is 9.69. The van der Waals surface area contributed by atoms with E-state index in [0.717, 1.165) is 30.3 Å². The molecule has 2 fully saturated rings. The lowest BCUT2D eigenvalue weighted by Gasteiger charge is -2.42. The fourth-order valence-corrected chi connectivity index (χ4v) is 5.29. The molecule has 0 aliphatic heterocycles. The normalized spacial score (nSPS) is 25.3. The first-order valence-corrected chi connectivity index (χ1v) is 12.3. The van der Waals surface area contributed by atoms with E-state index in [9.17, 15) is 0 Å². The van der Waals surface area contributed by atoms with Crippen LogP contribution in [0.15, 0.2) is 54.6 Å². The molecule has 5 unspecified atom stereocenters. The minimum Gasteiger partial charge on any atom is -0.487 e. The Morgan fingerprint density at radius 2 is 1.58 bits per heavy atom. The Balaban J connectivity index is 1.44. The third kappa shape index (κ3) is 6.04. The first kappa shape index (κ1) is 22.2. The Kier molecular flexibility index (Phi) is 7.91. The van der Waals surface area contributed by atoms with E-state index in [4.69, 9.17) is 14.2 Å². The summed E-state index contributed by atoms with van der Waals surface area (Å²) in [7, 11) is 0. The molecular weight excluding hydrogens is 384 g/mol. The zero-order valence-corrected chi connectivity index (χ0v) is 19.2. The Morgan fingerprint density at radius 3 is 2.35 bits per heavy atom. The Morgan fingerprint density at radius 1 is 0.839 bits per heavy atom. The van der Waals surface area contributed by atoms with Crippen LogP contribution in [0.1, 0.15) is 76.7 Å². The Bertz CT molecular complexity index is 771. The minimum absolute atomic E-state index is 0.280. The molecule has 0 spiro atoms. The molecule has 5 atom stereocenters. The summed E-state index contributed by atoms with van der Waals surface area (Å²) in [5.74, 6) is 3.78. The van der Waals surface area contributed by atoms with Crippen molar-refractivity contribution in [2.75, 3.05) is 6.61 Å². The third-order valence-electron chi connectivity index (χ3n) is 7.29. The maximum Gasteiger partial charge on any atom is 0.234 e. The monoisotopic (exact) mass is 422 g/mol. The highest BCUT2D eigenvalue weighted by Gasteiger charge is 2.37. The molecule has 0 aromatic heterocycles. The van der Waals surface area contributed by atoms with Gasteiger partial charge in [0.2, 0.25) is 6.29 Å². The van der Waals surface area contributed by atoms with Gasteiger partial charge in [0.25, 0.3) is 0 Å². The molecule has 2 aromatic rings. The van der Waals surface area contributed by atoms with Crippen LogP contribution in [-0.4, -0.2) is 19.0 Å². The molecule has 3 heteroatoms. The summed E-state index contributed by atoms with van der Waals surface area (Å²) in [4.78, 5) is 0. The van der Waals surface area contributed by atoms with Gasteiger partial charge in [0.1, 0.15) is 11.5 Å². The Hall–Kier alpha value is -2.00. The van der Waals surface area contributed by atoms with Crippen LogP contribution in [0.25, 0.3) is 0 Å². The molecule has 2 aromatic carbocycles. The second-order valence-corrected chi connectivity index (χ2v) is 9.36. The van der Waals surface area contributed by atoms with Gasteiger partial charge in [-0.1, -0.05) is 69.9 Å². The highest BCUT2D eigenvalue weighted by atomic mass is 16.7. The van der Waals surface area contributed by atoms with E-state index in [0.29, 0.717) is 18.4 Å². The fraction of sp³-hybridized carbons (Fsp3) is 0.571. The van der Waals surface area contributed by atoms with Gasteiger partial charge in [0.15, 0.2) is 6.61 Å². The van der Waals surface area contributed by atoms with Crippen molar-refractivity contribution >= 4 is 0 Å². The average molecular weight is 423 g/mol. The van der Waals surface area contributed by atoms with Crippen LogP contribution in [0.3, 0.4) is 0 Å². The summed E-state index contributed by atoms with van der Waals surface area (Å²) in [6.07, 6.45) is 10.2. The second-order valence-electron chi connectivity index (χ2n) is 9.36. The predicted octanol–water partition coefficient (Wildman–Crippen LogP) is 7.36. The number of benzene rings is 2. The number of hydrogen-bond acceptors (Lipinski definition) is 3. The third-order valence-corrected chi connectivity index (χ3v) is 7.29. The lowest BCUT2D eigenvalue weighted by molar-refractivity contribution is -0.169. The summed E-state index contributed by atoms with van der Waals surface area (Å²) in [6.45, 7) is 4.88. The zero-order chi connectivity index (χ0) is 21.5. The van der Waals surface area contributed by atoms with Gasteiger partial charge in [-0.2, -0.15) is 0 Å². The first-order chi connectivity index (χ1) is 15.2. The van der Waals surface area contributed by atoms with E-state index in [1.807, 2.05) is 30.3 Å². The highest BCUT2D eigenvalue weighted by Crippen LogP contribution is 2.42. The fourth-order valence-electron chi connectivity index (χ4n) is 5.29. The topological polar surface area (TPSA) is 27.7 Å². The van der Waals surface area contributed by atoms with E-state index < -0.39 is 6.29 Å². The van der Waals surface area contributed by atoms with Gasteiger partial charge in [0.05, 0.1) is 6.10 Å². The zero-order valence-electron chi connectivity index (χ0n) is 19.2. The van der Waals surface area contributed by atoms with Crippen molar-refractivity contribution in [3.05, 3.63) is 60.2 Å². The summed E-state index contributed by atoms with van der Waals surface area (Å²) in [5, 5.41) is 0. The molecule has 0 amide bonds. The summed E-state index contributed by atoms with van der Waals surface area (Å²) >= 11 is 0. The van der Waals surface area contributed by atoms with Crippen LogP contribution in [-0.2, 0) is 4.74 Å². The van der Waals surface area contributed by atoms with Crippen LogP contribution in [0.4, 0.5) is 0 Å². The van der Waals surface area contributed by atoms with Crippen molar-refractivity contribution in [1.29, 1.82) is 0 Å². The molecule has 0 saturated heterocycles. The lowest BCUT2D eigenvalue weighted by Crippen LogP contribution is -2.41. The molecule has 0 bridgehead atoms. The molecule has 0 N–H and O–H groups in total. The second kappa shape index (κ2) is 11.0. The van der Waals surface area contributed by atoms with Gasteiger partial charge in [-0.15, -0.1) is 0 Å². The molecule has 31 heavy (non-hydrogen) atoms. The predicted molar refractivity (Wildman–Crippen MR) is 126 cm³/mol.